The van der Waals surface area contributed by atoms with E-state index in [1.165, 1.54) is 19.4 Å². The lowest BCUT2D eigenvalue weighted by Gasteiger charge is -2.45. The van der Waals surface area contributed by atoms with Crippen LogP contribution in [0, 0.1) is 5.92 Å². The van der Waals surface area contributed by atoms with Gasteiger partial charge in [0.05, 0.1) is 6.10 Å². The topological polar surface area (TPSA) is 54.0 Å². The first-order valence-electron chi connectivity index (χ1n) is 11.7. The standard InChI is InChI=1S/C23H43N3O3/c1-22(2,3)29-21(27)26-14-7-6-8-20(26)28-19-11-9-18(10-12-19)16-25-15-13-24-17-23(25,4)5/h18-20,24H,6-17H2,1-5H3. The number of rotatable bonds is 4. The number of piperazine rings is 1. The van der Waals surface area contributed by atoms with Crippen LogP contribution in [0.3, 0.4) is 0 Å². The SMILES string of the molecule is CC(C)(C)OC(=O)N1CCCCC1OC1CCC(CN2CCNCC2(C)C)CC1. The molecule has 0 spiro atoms. The maximum atomic E-state index is 12.6. The Morgan fingerprint density at radius 2 is 1.79 bits per heavy atom. The monoisotopic (exact) mass is 409 g/mol. The summed E-state index contributed by atoms with van der Waals surface area (Å²) in [6.45, 7) is 15.7. The van der Waals surface area contributed by atoms with E-state index in [4.69, 9.17) is 9.47 Å². The fourth-order valence-electron chi connectivity index (χ4n) is 4.92. The van der Waals surface area contributed by atoms with Gasteiger partial charge in [-0.25, -0.2) is 4.79 Å². The molecule has 2 heterocycles. The minimum Gasteiger partial charge on any atom is -0.444 e. The molecular formula is C23H43N3O3. The van der Waals surface area contributed by atoms with Gasteiger partial charge in [-0.15, -0.1) is 0 Å². The highest BCUT2D eigenvalue weighted by molar-refractivity contribution is 5.68. The molecule has 1 atom stereocenters. The van der Waals surface area contributed by atoms with Crippen LogP contribution in [0.15, 0.2) is 0 Å². The Bertz CT molecular complexity index is 538. The maximum Gasteiger partial charge on any atom is 0.412 e. The molecule has 0 aromatic rings. The van der Waals surface area contributed by atoms with Crippen molar-refractivity contribution in [2.75, 3.05) is 32.7 Å². The Balaban J connectivity index is 1.47. The average molecular weight is 410 g/mol. The summed E-state index contributed by atoms with van der Waals surface area (Å²) in [6.07, 6.45) is 7.68. The van der Waals surface area contributed by atoms with Crippen molar-refractivity contribution in [1.82, 2.24) is 15.1 Å². The van der Waals surface area contributed by atoms with Crippen LogP contribution < -0.4 is 5.32 Å². The van der Waals surface area contributed by atoms with Gasteiger partial charge in [-0.3, -0.25) is 9.80 Å². The highest BCUT2D eigenvalue weighted by atomic mass is 16.6. The number of carbonyl (C=O) groups excluding carboxylic acids is 1. The minimum atomic E-state index is -0.463. The summed E-state index contributed by atoms with van der Waals surface area (Å²) in [6, 6.07) is 0. The normalized spacial score (nSPS) is 31.5. The van der Waals surface area contributed by atoms with E-state index in [0.717, 1.165) is 64.2 Å². The largest absolute Gasteiger partial charge is 0.444 e. The summed E-state index contributed by atoms with van der Waals surface area (Å²) < 4.78 is 12.1. The number of amides is 1. The van der Waals surface area contributed by atoms with Crippen molar-refractivity contribution in [3.05, 3.63) is 0 Å². The Kier molecular flexibility index (Phi) is 7.50. The summed E-state index contributed by atoms with van der Waals surface area (Å²) in [5, 5.41) is 3.52. The summed E-state index contributed by atoms with van der Waals surface area (Å²) in [5.41, 5.74) is -0.212. The summed E-state index contributed by atoms with van der Waals surface area (Å²) in [4.78, 5) is 17.1. The molecule has 2 saturated heterocycles. The lowest BCUT2D eigenvalue weighted by Crippen LogP contribution is -2.59. The third-order valence-corrected chi connectivity index (χ3v) is 6.67. The molecule has 168 valence electrons. The van der Waals surface area contributed by atoms with Gasteiger partial charge < -0.3 is 14.8 Å². The zero-order valence-electron chi connectivity index (χ0n) is 19.3. The van der Waals surface area contributed by atoms with E-state index >= 15 is 0 Å². The highest BCUT2D eigenvalue weighted by Gasteiger charge is 2.35. The van der Waals surface area contributed by atoms with Crippen molar-refractivity contribution < 1.29 is 14.3 Å². The van der Waals surface area contributed by atoms with E-state index in [9.17, 15) is 4.79 Å². The Labute approximate surface area is 177 Å². The highest BCUT2D eigenvalue weighted by Crippen LogP contribution is 2.32. The molecule has 6 nitrogen and oxygen atoms in total. The van der Waals surface area contributed by atoms with Crippen LogP contribution in [0.4, 0.5) is 4.79 Å². The molecule has 3 fully saturated rings. The first kappa shape index (κ1) is 22.8. The molecule has 1 aliphatic carbocycles. The number of likely N-dealkylation sites (tertiary alicyclic amines) is 1. The number of carbonyl (C=O) groups is 1. The quantitative estimate of drug-likeness (QED) is 0.761. The minimum absolute atomic E-state index is 0.118. The van der Waals surface area contributed by atoms with E-state index in [0.29, 0.717) is 0 Å². The van der Waals surface area contributed by atoms with Crippen molar-refractivity contribution in [1.29, 1.82) is 0 Å². The van der Waals surface area contributed by atoms with Crippen LogP contribution in [-0.4, -0.2) is 72.1 Å². The molecule has 3 aliphatic rings. The van der Waals surface area contributed by atoms with Crippen molar-refractivity contribution in [2.24, 2.45) is 5.92 Å². The third kappa shape index (κ3) is 6.56. The third-order valence-electron chi connectivity index (χ3n) is 6.67. The fourth-order valence-corrected chi connectivity index (χ4v) is 4.92. The number of piperidine rings is 1. The van der Waals surface area contributed by atoms with Gasteiger partial charge in [-0.1, -0.05) is 0 Å². The molecule has 29 heavy (non-hydrogen) atoms. The second kappa shape index (κ2) is 9.52. The zero-order valence-corrected chi connectivity index (χ0v) is 19.3. The van der Waals surface area contributed by atoms with Crippen molar-refractivity contribution in [3.63, 3.8) is 0 Å². The molecule has 1 N–H and O–H groups in total. The second-order valence-corrected chi connectivity index (χ2v) is 10.8. The van der Waals surface area contributed by atoms with Crippen LogP contribution in [0.2, 0.25) is 0 Å². The van der Waals surface area contributed by atoms with Gasteiger partial charge in [0.25, 0.3) is 0 Å². The van der Waals surface area contributed by atoms with Crippen molar-refractivity contribution in [3.8, 4) is 0 Å². The fraction of sp³-hybridized carbons (Fsp3) is 0.957. The zero-order chi connectivity index (χ0) is 21.1. The number of hydrogen-bond acceptors (Lipinski definition) is 5. The van der Waals surface area contributed by atoms with Gasteiger partial charge in [0, 0.05) is 38.3 Å². The molecular weight excluding hydrogens is 366 g/mol. The van der Waals surface area contributed by atoms with E-state index in [-0.39, 0.29) is 24.0 Å². The lowest BCUT2D eigenvalue weighted by atomic mass is 9.85. The maximum absolute atomic E-state index is 12.6. The van der Waals surface area contributed by atoms with E-state index in [1.807, 2.05) is 25.7 Å². The molecule has 0 aromatic heterocycles. The molecule has 3 rings (SSSR count). The molecule has 1 unspecified atom stereocenters. The molecule has 0 aromatic carbocycles. The molecule has 1 saturated carbocycles. The van der Waals surface area contributed by atoms with Crippen LogP contribution in [0.25, 0.3) is 0 Å². The number of hydrogen-bond donors (Lipinski definition) is 1. The van der Waals surface area contributed by atoms with Gasteiger partial charge in [-0.05, 0) is 85.5 Å². The van der Waals surface area contributed by atoms with Crippen LogP contribution in [-0.2, 0) is 9.47 Å². The second-order valence-electron chi connectivity index (χ2n) is 10.8. The summed E-state index contributed by atoms with van der Waals surface area (Å²) in [5.74, 6) is 0.764. The van der Waals surface area contributed by atoms with Gasteiger partial charge >= 0.3 is 6.09 Å². The predicted molar refractivity (Wildman–Crippen MR) is 116 cm³/mol. The van der Waals surface area contributed by atoms with E-state index < -0.39 is 5.60 Å². The van der Waals surface area contributed by atoms with Crippen LogP contribution >= 0.6 is 0 Å². The first-order valence-corrected chi connectivity index (χ1v) is 11.7. The molecule has 2 aliphatic heterocycles. The van der Waals surface area contributed by atoms with E-state index in [2.05, 4.69) is 24.1 Å². The summed E-state index contributed by atoms with van der Waals surface area (Å²) >= 11 is 0. The van der Waals surface area contributed by atoms with Crippen molar-refractivity contribution >= 4 is 6.09 Å². The molecule has 0 radical (unpaired) electrons. The van der Waals surface area contributed by atoms with Crippen LogP contribution in [0.1, 0.15) is 79.6 Å². The van der Waals surface area contributed by atoms with Gasteiger partial charge in [0.15, 0.2) is 0 Å². The predicted octanol–water partition coefficient (Wildman–Crippen LogP) is 3.99. The molecule has 0 bridgehead atoms. The number of nitrogens with zero attached hydrogens (tertiary/aromatic N) is 2. The van der Waals surface area contributed by atoms with E-state index in [1.54, 1.807) is 0 Å². The Morgan fingerprint density at radius 3 is 2.45 bits per heavy atom. The molecule has 1 amide bonds. The lowest BCUT2D eigenvalue weighted by molar-refractivity contribution is -0.125. The Morgan fingerprint density at radius 1 is 1.07 bits per heavy atom. The molecule has 6 heteroatoms. The van der Waals surface area contributed by atoms with Crippen molar-refractivity contribution in [2.45, 2.75) is 103 Å². The van der Waals surface area contributed by atoms with Gasteiger partial charge in [0.2, 0.25) is 0 Å². The van der Waals surface area contributed by atoms with Gasteiger partial charge in [-0.2, -0.15) is 0 Å². The number of ether oxygens (including phenoxy) is 2. The smallest absolute Gasteiger partial charge is 0.412 e. The van der Waals surface area contributed by atoms with Crippen LogP contribution in [0.5, 0.6) is 0 Å². The first-order chi connectivity index (χ1) is 13.6. The Hall–Kier alpha value is -0.850. The van der Waals surface area contributed by atoms with Gasteiger partial charge in [0.1, 0.15) is 11.8 Å². The number of nitrogens with one attached hydrogen (secondary N) is 1. The average Bonchev–Trinajstić information content (AvgIpc) is 2.64. The summed E-state index contributed by atoms with van der Waals surface area (Å²) in [7, 11) is 0.